The molecule has 0 fully saturated rings. The molecule has 4 nitrogen and oxygen atoms in total. The molecule has 0 aliphatic rings. The molecule has 1 rings (SSSR count). The molecule has 0 radical (unpaired) electrons. The zero-order chi connectivity index (χ0) is 15.2. The molecule has 1 aromatic rings. The number of carbonyl (C=O) groups is 1. The molecule has 0 aromatic heterocycles. The number of sulfonamides is 1. The van der Waals surface area contributed by atoms with Crippen LogP contribution in [0.15, 0.2) is 29.2 Å². The first kappa shape index (κ1) is 16.9. The van der Waals surface area contributed by atoms with Crippen molar-refractivity contribution in [1.82, 2.24) is 4.72 Å². The number of benzene rings is 1. The molecular weight excluding hydrogens is 274 g/mol. The van der Waals surface area contributed by atoms with Gasteiger partial charge in [0.05, 0.1) is 4.90 Å². The SMILES string of the molecule is CCCCC(=O)c1ccc(S(=O)(=O)NCC(C)C)cc1. The Morgan fingerprint density at radius 3 is 2.30 bits per heavy atom. The van der Waals surface area contributed by atoms with Crippen molar-refractivity contribution < 1.29 is 13.2 Å². The highest BCUT2D eigenvalue weighted by Gasteiger charge is 2.14. The van der Waals surface area contributed by atoms with Gasteiger partial charge in [0.15, 0.2) is 5.78 Å². The molecule has 5 heteroatoms. The van der Waals surface area contributed by atoms with Crippen LogP contribution < -0.4 is 4.72 Å². The van der Waals surface area contributed by atoms with Crippen LogP contribution in [-0.4, -0.2) is 20.7 Å². The van der Waals surface area contributed by atoms with Gasteiger partial charge in [0.1, 0.15) is 0 Å². The van der Waals surface area contributed by atoms with Crippen molar-refractivity contribution in [2.75, 3.05) is 6.54 Å². The minimum atomic E-state index is -3.48. The largest absolute Gasteiger partial charge is 0.294 e. The van der Waals surface area contributed by atoms with E-state index < -0.39 is 10.0 Å². The molecule has 0 unspecified atom stereocenters. The van der Waals surface area contributed by atoms with E-state index in [-0.39, 0.29) is 16.6 Å². The van der Waals surface area contributed by atoms with E-state index in [0.29, 0.717) is 18.5 Å². The van der Waals surface area contributed by atoms with Crippen LogP contribution in [0.4, 0.5) is 0 Å². The number of carbonyl (C=O) groups excluding carboxylic acids is 1. The average molecular weight is 297 g/mol. The van der Waals surface area contributed by atoms with Crippen molar-refractivity contribution in [3.63, 3.8) is 0 Å². The summed E-state index contributed by atoms with van der Waals surface area (Å²) in [6.07, 6.45) is 2.33. The Morgan fingerprint density at radius 2 is 1.80 bits per heavy atom. The third-order valence-corrected chi connectivity index (χ3v) is 4.37. The van der Waals surface area contributed by atoms with Gasteiger partial charge in [-0.2, -0.15) is 0 Å². The fourth-order valence-corrected chi connectivity index (χ4v) is 2.88. The van der Waals surface area contributed by atoms with Crippen LogP contribution in [0, 0.1) is 5.92 Å². The van der Waals surface area contributed by atoms with Crippen LogP contribution in [0.2, 0.25) is 0 Å². The molecule has 112 valence electrons. The summed E-state index contributed by atoms with van der Waals surface area (Å²) < 4.78 is 26.5. The van der Waals surface area contributed by atoms with Crippen molar-refractivity contribution in [3.8, 4) is 0 Å². The number of unbranched alkanes of at least 4 members (excludes halogenated alkanes) is 1. The second kappa shape index (κ2) is 7.55. The van der Waals surface area contributed by atoms with Crippen molar-refractivity contribution in [1.29, 1.82) is 0 Å². The maximum absolute atomic E-state index is 12.0. The van der Waals surface area contributed by atoms with E-state index in [2.05, 4.69) is 4.72 Å². The van der Waals surface area contributed by atoms with E-state index in [9.17, 15) is 13.2 Å². The van der Waals surface area contributed by atoms with Crippen LogP contribution in [-0.2, 0) is 10.0 Å². The smallest absolute Gasteiger partial charge is 0.240 e. The molecule has 0 aliphatic heterocycles. The summed E-state index contributed by atoms with van der Waals surface area (Å²) in [7, 11) is -3.48. The van der Waals surface area contributed by atoms with Crippen molar-refractivity contribution >= 4 is 15.8 Å². The normalized spacial score (nSPS) is 11.8. The molecule has 0 saturated heterocycles. The number of nitrogens with one attached hydrogen (secondary N) is 1. The van der Waals surface area contributed by atoms with Crippen LogP contribution in [0.3, 0.4) is 0 Å². The van der Waals surface area contributed by atoms with Gasteiger partial charge >= 0.3 is 0 Å². The monoisotopic (exact) mass is 297 g/mol. The molecule has 0 aliphatic carbocycles. The first-order valence-electron chi connectivity index (χ1n) is 6.99. The van der Waals surface area contributed by atoms with Gasteiger partial charge < -0.3 is 0 Å². The minimum Gasteiger partial charge on any atom is -0.294 e. The highest BCUT2D eigenvalue weighted by Crippen LogP contribution is 2.13. The summed E-state index contributed by atoms with van der Waals surface area (Å²) in [5, 5.41) is 0. The Kier molecular flexibility index (Phi) is 6.36. The Hall–Kier alpha value is -1.20. The standard InChI is InChI=1S/C15H23NO3S/c1-4-5-6-15(17)13-7-9-14(10-8-13)20(18,19)16-11-12(2)3/h7-10,12,16H,4-6,11H2,1-3H3. The first-order chi connectivity index (χ1) is 9.36. The Balaban J connectivity index is 2.77. The lowest BCUT2D eigenvalue weighted by atomic mass is 10.1. The molecule has 20 heavy (non-hydrogen) atoms. The van der Waals surface area contributed by atoms with Gasteiger partial charge in [0, 0.05) is 18.5 Å². The lowest BCUT2D eigenvalue weighted by molar-refractivity contribution is 0.0979. The molecule has 0 heterocycles. The van der Waals surface area contributed by atoms with Gasteiger partial charge in [-0.3, -0.25) is 4.79 Å². The maximum Gasteiger partial charge on any atom is 0.240 e. The van der Waals surface area contributed by atoms with Crippen molar-refractivity contribution in [3.05, 3.63) is 29.8 Å². The molecule has 0 bridgehead atoms. The number of Topliss-reactive ketones (excluding diaryl/α,β-unsaturated/α-hetero) is 1. The summed E-state index contributed by atoms with van der Waals surface area (Å²) in [6.45, 7) is 6.32. The zero-order valence-electron chi connectivity index (χ0n) is 12.3. The maximum atomic E-state index is 12.0. The summed E-state index contributed by atoms with van der Waals surface area (Å²) in [5.41, 5.74) is 0.571. The van der Waals surface area contributed by atoms with Crippen LogP contribution in [0.5, 0.6) is 0 Å². The minimum absolute atomic E-state index is 0.0611. The molecule has 0 amide bonds. The van der Waals surface area contributed by atoms with Gasteiger partial charge in [-0.05, 0) is 24.5 Å². The van der Waals surface area contributed by atoms with Gasteiger partial charge in [0.2, 0.25) is 10.0 Å². The number of hydrogen-bond donors (Lipinski definition) is 1. The predicted octanol–water partition coefficient (Wildman–Crippen LogP) is 2.99. The number of rotatable bonds is 8. The summed E-state index contributed by atoms with van der Waals surface area (Å²) in [4.78, 5) is 12.0. The van der Waals surface area contributed by atoms with Gasteiger partial charge in [-0.25, -0.2) is 13.1 Å². The Labute approximate surface area is 121 Å². The molecule has 0 spiro atoms. The fourth-order valence-electron chi connectivity index (χ4n) is 1.66. The third-order valence-electron chi connectivity index (χ3n) is 2.93. The van der Waals surface area contributed by atoms with E-state index in [1.54, 1.807) is 12.1 Å². The Bertz CT molecular complexity index is 533. The average Bonchev–Trinajstić information content (AvgIpc) is 2.43. The third kappa shape index (κ3) is 5.06. The van der Waals surface area contributed by atoms with Crippen molar-refractivity contribution in [2.24, 2.45) is 5.92 Å². The molecule has 0 atom stereocenters. The van der Waals surface area contributed by atoms with E-state index in [4.69, 9.17) is 0 Å². The highest BCUT2D eigenvalue weighted by molar-refractivity contribution is 7.89. The fraction of sp³-hybridized carbons (Fsp3) is 0.533. The van der Waals surface area contributed by atoms with Gasteiger partial charge in [0.25, 0.3) is 0 Å². The lowest BCUT2D eigenvalue weighted by Gasteiger charge is -2.09. The second-order valence-electron chi connectivity index (χ2n) is 5.30. The summed E-state index contributed by atoms with van der Waals surface area (Å²) in [5.74, 6) is 0.311. The summed E-state index contributed by atoms with van der Waals surface area (Å²) >= 11 is 0. The van der Waals surface area contributed by atoms with Crippen LogP contribution in [0.1, 0.15) is 50.4 Å². The number of ketones is 1. The van der Waals surface area contributed by atoms with E-state index >= 15 is 0 Å². The lowest BCUT2D eigenvalue weighted by Crippen LogP contribution is -2.27. The molecule has 0 saturated carbocycles. The van der Waals surface area contributed by atoms with E-state index in [0.717, 1.165) is 12.8 Å². The molecule has 1 N–H and O–H groups in total. The Morgan fingerprint density at radius 1 is 1.20 bits per heavy atom. The van der Waals surface area contributed by atoms with Crippen LogP contribution in [0.25, 0.3) is 0 Å². The highest BCUT2D eigenvalue weighted by atomic mass is 32.2. The van der Waals surface area contributed by atoms with Gasteiger partial charge in [-0.1, -0.05) is 39.3 Å². The van der Waals surface area contributed by atoms with Gasteiger partial charge in [-0.15, -0.1) is 0 Å². The summed E-state index contributed by atoms with van der Waals surface area (Å²) in [6, 6.07) is 6.15. The zero-order valence-corrected chi connectivity index (χ0v) is 13.2. The quantitative estimate of drug-likeness (QED) is 0.750. The van der Waals surface area contributed by atoms with Crippen molar-refractivity contribution in [2.45, 2.75) is 44.9 Å². The molecule has 1 aromatic carbocycles. The second-order valence-corrected chi connectivity index (χ2v) is 7.06. The van der Waals surface area contributed by atoms with E-state index in [1.165, 1.54) is 12.1 Å². The topological polar surface area (TPSA) is 63.2 Å². The molecular formula is C15H23NO3S. The van der Waals surface area contributed by atoms with E-state index in [1.807, 2.05) is 20.8 Å². The first-order valence-corrected chi connectivity index (χ1v) is 8.48. The predicted molar refractivity (Wildman–Crippen MR) is 80.3 cm³/mol. The number of hydrogen-bond acceptors (Lipinski definition) is 3. The van der Waals surface area contributed by atoms with Crippen LogP contribution >= 0.6 is 0 Å².